The summed E-state index contributed by atoms with van der Waals surface area (Å²) >= 11 is 0. The maximum Gasteiger partial charge on any atom is 0.338 e. The molecule has 0 aliphatic rings. The summed E-state index contributed by atoms with van der Waals surface area (Å²) in [6.07, 6.45) is 0.860. The second-order valence-corrected chi connectivity index (χ2v) is 4.17. The molecule has 0 atom stereocenters. The molecular weight excluding hydrogens is 268 g/mol. The van der Waals surface area contributed by atoms with Gasteiger partial charge in [0, 0.05) is 0 Å². The number of benzene rings is 2. The second-order valence-electron chi connectivity index (χ2n) is 4.17. The quantitative estimate of drug-likeness (QED) is 0.872. The van der Waals surface area contributed by atoms with E-state index in [2.05, 4.69) is 0 Å². The van der Waals surface area contributed by atoms with Crippen molar-refractivity contribution in [1.82, 2.24) is 0 Å². The van der Waals surface area contributed by atoms with Gasteiger partial charge in [-0.05, 0) is 30.7 Å². The molecule has 110 valence electrons. The number of esters is 1. The molecule has 0 aliphatic heterocycles. The van der Waals surface area contributed by atoms with Crippen molar-refractivity contribution in [3.63, 3.8) is 0 Å². The number of carboxylic acid groups (broad SMARTS) is 1. The molecule has 0 saturated carbocycles. The number of hydrogen-bond acceptors (Lipinski definition) is 3. The molecule has 4 heteroatoms. The zero-order chi connectivity index (χ0) is 15.5. The lowest BCUT2D eigenvalue weighted by molar-refractivity contribution is 0.0504. The SMILES string of the molecule is CCCOC(=O)c1ccccc1.O=C(O)c1ccccc1. The van der Waals surface area contributed by atoms with Gasteiger partial charge in [0.15, 0.2) is 0 Å². The Morgan fingerprint density at radius 3 is 1.76 bits per heavy atom. The van der Waals surface area contributed by atoms with Crippen LogP contribution in [0.4, 0.5) is 0 Å². The summed E-state index contributed by atoms with van der Waals surface area (Å²) in [6, 6.07) is 17.3. The predicted molar refractivity (Wildman–Crippen MR) is 80.4 cm³/mol. The van der Waals surface area contributed by atoms with Crippen LogP contribution in [0.5, 0.6) is 0 Å². The van der Waals surface area contributed by atoms with E-state index in [1.54, 1.807) is 42.5 Å². The molecule has 0 unspecified atom stereocenters. The first kappa shape index (κ1) is 16.4. The van der Waals surface area contributed by atoms with Crippen molar-refractivity contribution in [2.24, 2.45) is 0 Å². The minimum Gasteiger partial charge on any atom is -0.478 e. The van der Waals surface area contributed by atoms with Gasteiger partial charge in [0.05, 0.1) is 17.7 Å². The van der Waals surface area contributed by atoms with Crippen molar-refractivity contribution < 1.29 is 19.4 Å². The number of ether oxygens (including phenoxy) is 1. The van der Waals surface area contributed by atoms with Gasteiger partial charge in [0.2, 0.25) is 0 Å². The molecule has 0 aromatic heterocycles. The third-order valence-corrected chi connectivity index (χ3v) is 2.47. The zero-order valence-electron chi connectivity index (χ0n) is 11.9. The summed E-state index contributed by atoms with van der Waals surface area (Å²) in [5.74, 6) is -1.12. The molecule has 0 saturated heterocycles. The monoisotopic (exact) mass is 286 g/mol. The number of carboxylic acids is 1. The molecule has 0 spiro atoms. The standard InChI is InChI=1S/C10H12O2.C7H6O2/c1-2-8-12-10(11)9-6-4-3-5-7-9;8-7(9)6-4-2-1-3-5-6/h3-7H,2,8H2,1H3;1-5H,(H,8,9). The Morgan fingerprint density at radius 1 is 0.905 bits per heavy atom. The Bertz CT molecular complexity index is 550. The van der Waals surface area contributed by atoms with E-state index in [1.807, 2.05) is 25.1 Å². The molecule has 0 fully saturated rings. The Labute approximate surface area is 124 Å². The van der Waals surface area contributed by atoms with Crippen LogP contribution in [0.1, 0.15) is 34.1 Å². The zero-order valence-corrected chi connectivity index (χ0v) is 11.9. The highest BCUT2D eigenvalue weighted by Gasteiger charge is 2.03. The molecule has 2 aromatic rings. The average Bonchev–Trinajstić information content (AvgIpc) is 2.55. The molecule has 0 amide bonds. The van der Waals surface area contributed by atoms with Gasteiger partial charge in [-0.3, -0.25) is 0 Å². The van der Waals surface area contributed by atoms with Crippen LogP contribution in [0.3, 0.4) is 0 Å². The highest BCUT2D eigenvalue weighted by atomic mass is 16.5. The Balaban J connectivity index is 0.000000219. The van der Waals surface area contributed by atoms with E-state index in [0.29, 0.717) is 17.7 Å². The van der Waals surface area contributed by atoms with Crippen LogP contribution in [0.2, 0.25) is 0 Å². The molecule has 4 nitrogen and oxygen atoms in total. The smallest absolute Gasteiger partial charge is 0.338 e. The summed E-state index contributed by atoms with van der Waals surface area (Å²) in [5.41, 5.74) is 0.948. The van der Waals surface area contributed by atoms with Crippen LogP contribution < -0.4 is 0 Å². The van der Waals surface area contributed by atoms with Crippen molar-refractivity contribution in [3.05, 3.63) is 71.8 Å². The first-order valence-corrected chi connectivity index (χ1v) is 6.65. The third kappa shape index (κ3) is 6.38. The number of carbonyl (C=O) groups is 2. The van der Waals surface area contributed by atoms with Gasteiger partial charge in [0.25, 0.3) is 0 Å². The fourth-order valence-electron chi connectivity index (χ4n) is 1.43. The van der Waals surface area contributed by atoms with Crippen molar-refractivity contribution in [2.75, 3.05) is 6.61 Å². The molecule has 2 rings (SSSR count). The fourth-order valence-corrected chi connectivity index (χ4v) is 1.43. The van der Waals surface area contributed by atoms with Crippen LogP contribution >= 0.6 is 0 Å². The summed E-state index contributed by atoms with van der Waals surface area (Å²) < 4.78 is 4.94. The Kier molecular flexibility index (Phi) is 7.29. The van der Waals surface area contributed by atoms with Crippen molar-refractivity contribution >= 4 is 11.9 Å². The minimum absolute atomic E-state index is 0.238. The molecule has 21 heavy (non-hydrogen) atoms. The van der Waals surface area contributed by atoms with Crippen molar-refractivity contribution in [3.8, 4) is 0 Å². The number of aromatic carboxylic acids is 1. The summed E-state index contributed by atoms with van der Waals surface area (Å²) in [4.78, 5) is 21.4. The van der Waals surface area contributed by atoms with Gasteiger partial charge >= 0.3 is 11.9 Å². The van der Waals surface area contributed by atoms with E-state index in [4.69, 9.17) is 9.84 Å². The molecule has 0 aliphatic carbocycles. The lowest BCUT2D eigenvalue weighted by Crippen LogP contribution is -2.05. The molecule has 1 N–H and O–H groups in total. The van der Waals surface area contributed by atoms with E-state index in [9.17, 15) is 9.59 Å². The molecule has 0 radical (unpaired) electrons. The maximum absolute atomic E-state index is 11.2. The normalized spacial score (nSPS) is 9.19. The number of hydrogen-bond donors (Lipinski definition) is 1. The predicted octanol–water partition coefficient (Wildman–Crippen LogP) is 3.64. The van der Waals surface area contributed by atoms with Gasteiger partial charge in [-0.1, -0.05) is 43.3 Å². The highest BCUT2D eigenvalue weighted by molar-refractivity contribution is 5.89. The Hall–Kier alpha value is -2.62. The van der Waals surface area contributed by atoms with E-state index < -0.39 is 5.97 Å². The van der Waals surface area contributed by atoms with Crippen LogP contribution in [0, 0.1) is 0 Å². The van der Waals surface area contributed by atoms with Crippen LogP contribution in [-0.2, 0) is 4.74 Å². The number of rotatable bonds is 4. The van der Waals surface area contributed by atoms with Crippen LogP contribution in [0.25, 0.3) is 0 Å². The van der Waals surface area contributed by atoms with Crippen molar-refractivity contribution in [2.45, 2.75) is 13.3 Å². The van der Waals surface area contributed by atoms with Gasteiger partial charge in [-0.25, -0.2) is 9.59 Å². The van der Waals surface area contributed by atoms with Gasteiger partial charge in [-0.2, -0.15) is 0 Å². The molecule has 2 aromatic carbocycles. The fraction of sp³-hybridized carbons (Fsp3) is 0.176. The van der Waals surface area contributed by atoms with Crippen LogP contribution in [-0.4, -0.2) is 23.7 Å². The van der Waals surface area contributed by atoms with E-state index >= 15 is 0 Å². The largest absolute Gasteiger partial charge is 0.478 e. The van der Waals surface area contributed by atoms with Crippen LogP contribution in [0.15, 0.2) is 60.7 Å². The summed E-state index contributed by atoms with van der Waals surface area (Å²) in [6.45, 7) is 2.46. The van der Waals surface area contributed by atoms with Gasteiger partial charge in [0.1, 0.15) is 0 Å². The summed E-state index contributed by atoms with van der Waals surface area (Å²) in [7, 11) is 0. The van der Waals surface area contributed by atoms with Gasteiger partial charge < -0.3 is 9.84 Å². The summed E-state index contributed by atoms with van der Waals surface area (Å²) in [5, 5.41) is 8.38. The first-order chi connectivity index (χ1) is 10.1. The van der Waals surface area contributed by atoms with E-state index in [-0.39, 0.29) is 5.97 Å². The maximum atomic E-state index is 11.2. The molecule has 0 heterocycles. The lowest BCUT2D eigenvalue weighted by Gasteiger charge is -2.01. The lowest BCUT2D eigenvalue weighted by atomic mass is 10.2. The second kappa shape index (κ2) is 9.31. The van der Waals surface area contributed by atoms with Gasteiger partial charge in [-0.15, -0.1) is 0 Å². The third-order valence-electron chi connectivity index (χ3n) is 2.47. The number of carbonyl (C=O) groups excluding carboxylic acids is 1. The van der Waals surface area contributed by atoms with Crippen molar-refractivity contribution in [1.29, 1.82) is 0 Å². The molecule has 0 bridgehead atoms. The minimum atomic E-state index is -0.879. The van der Waals surface area contributed by atoms with E-state index in [0.717, 1.165) is 6.42 Å². The topological polar surface area (TPSA) is 63.6 Å². The highest BCUT2D eigenvalue weighted by Crippen LogP contribution is 2.00. The molecular formula is C17H18O4. The first-order valence-electron chi connectivity index (χ1n) is 6.65. The Morgan fingerprint density at radius 2 is 1.38 bits per heavy atom. The van der Waals surface area contributed by atoms with E-state index in [1.165, 1.54) is 0 Å². The average molecular weight is 286 g/mol.